The highest BCUT2D eigenvalue weighted by molar-refractivity contribution is 7.90. The van der Waals surface area contributed by atoms with Gasteiger partial charge in [0.25, 0.3) is 0 Å². The lowest BCUT2D eigenvalue weighted by molar-refractivity contribution is -0.137. The number of aliphatic carboxylic acids is 1. The SMILES string of the molecule is COc1cccc(P(=O)(O)C#Cc2cc(Cl)c(N[C@@H](Cc3cccc(S(C)(=O)=O)c3)C(=O)O)c(Cl)c2)c1. The molecule has 0 fully saturated rings. The van der Waals surface area contributed by atoms with Gasteiger partial charge in [0.15, 0.2) is 9.84 Å². The van der Waals surface area contributed by atoms with Crippen LogP contribution in [0.5, 0.6) is 5.75 Å². The predicted octanol–water partition coefficient (Wildman–Crippen LogP) is 4.42. The number of nitrogens with one attached hydrogen (secondary N) is 1. The second kappa shape index (κ2) is 11.6. The quantitative estimate of drug-likeness (QED) is 0.263. The van der Waals surface area contributed by atoms with E-state index in [4.69, 9.17) is 27.9 Å². The smallest absolute Gasteiger partial charge is 0.326 e. The molecule has 3 N–H and O–H groups in total. The summed E-state index contributed by atoms with van der Waals surface area (Å²) >= 11 is 12.7. The second-order valence-electron chi connectivity index (χ2n) is 7.99. The van der Waals surface area contributed by atoms with Crippen LogP contribution in [0.3, 0.4) is 0 Å². The van der Waals surface area contributed by atoms with E-state index in [0.29, 0.717) is 11.3 Å². The predicted molar refractivity (Wildman–Crippen MR) is 144 cm³/mol. The minimum atomic E-state index is -4.05. The highest BCUT2D eigenvalue weighted by Gasteiger charge is 2.22. The molecule has 0 saturated heterocycles. The molecule has 8 nitrogen and oxygen atoms in total. The average molecular weight is 582 g/mol. The van der Waals surface area contributed by atoms with Crippen LogP contribution in [0, 0.1) is 11.6 Å². The molecule has 0 radical (unpaired) electrons. The van der Waals surface area contributed by atoms with Crippen molar-refractivity contribution in [1.82, 2.24) is 0 Å². The highest BCUT2D eigenvalue weighted by atomic mass is 35.5. The Labute approximate surface area is 224 Å². The molecule has 0 aliphatic carbocycles. The molecule has 0 saturated carbocycles. The van der Waals surface area contributed by atoms with Crippen LogP contribution in [-0.4, -0.2) is 43.8 Å². The van der Waals surface area contributed by atoms with E-state index in [1.807, 2.05) is 0 Å². The topological polar surface area (TPSA) is 130 Å². The van der Waals surface area contributed by atoms with Gasteiger partial charge in [-0.05, 0) is 53.7 Å². The first-order chi connectivity index (χ1) is 17.3. The van der Waals surface area contributed by atoms with Gasteiger partial charge in [0.05, 0.1) is 33.0 Å². The van der Waals surface area contributed by atoms with Crippen molar-refractivity contribution in [2.45, 2.75) is 17.4 Å². The number of methoxy groups -OCH3 is 1. The van der Waals surface area contributed by atoms with E-state index < -0.39 is 29.2 Å². The molecule has 0 aliphatic rings. The number of hydrogen-bond acceptors (Lipinski definition) is 6. The maximum atomic E-state index is 12.7. The molecule has 37 heavy (non-hydrogen) atoms. The molecule has 12 heteroatoms. The number of sulfone groups is 1. The first kappa shape index (κ1) is 28.6. The lowest BCUT2D eigenvalue weighted by atomic mass is 10.1. The fourth-order valence-corrected chi connectivity index (χ4v) is 5.59. The first-order valence-electron chi connectivity index (χ1n) is 10.6. The maximum Gasteiger partial charge on any atom is 0.326 e. The number of carbonyl (C=O) groups is 1. The van der Waals surface area contributed by atoms with Crippen molar-refractivity contribution in [1.29, 1.82) is 0 Å². The summed E-state index contributed by atoms with van der Waals surface area (Å²) < 4.78 is 41.4. The van der Waals surface area contributed by atoms with E-state index >= 15 is 0 Å². The molecule has 194 valence electrons. The van der Waals surface area contributed by atoms with Crippen molar-refractivity contribution in [2.24, 2.45) is 0 Å². The Hall–Kier alpha value is -2.99. The average Bonchev–Trinajstić information content (AvgIpc) is 2.84. The maximum absolute atomic E-state index is 12.7. The van der Waals surface area contributed by atoms with Gasteiger partial charge in [-0.15, -0.1) is 0 Å². The molecule has 0 heterocycles. The summed E-state index contributed by atoms with van der Waals surface area (Å²) in [7, 11) is -6.07. The monoisotopic (exact) mass is 581 g/mol. The standard InChI is InChI=1S/C25H22Cl2NO7PS/c1-35-18-6-4-7-19(15-18)36(31,32)10-9-17-12-21(26)24(22(27)13-17)28-23(25(29)30)14-16-5-3-8-20(11-16)37(2,33)34/h3-8,11-13,15,23,28H,14H2,1-2H3,(H,29,30)(H,31,32)/t23-/m0/s1. The summed E-state index contributed by atoms with van der Waals surface area (Å²) in [6.45, 7) is 0. The molecular formula is C25H22Cl2NO7PS. The third-order valence-corrected chi connectivity index (χ3v) is 8.28. The lowest BCUT2D eigenvalue weighted by Gasteiger charge is -2.18. The van der Waals surface area contributed by atoms with Gasteiger partial charge in [-0.1, -0.05) is 47.3 Å². The lowest BCUT2D eigenvalue weighted by Crippen LogP contribution is -2.31. The van der Waals surface area contributed by atoms with Crippen molar-refractivity contribution >= 4 is 57.4 Å². The number of carboxylic acids is 1. The van der Waals surface area contributed by atoms with Crippen LogP contribution in [0.25, 0.3) is 0 Å². The van der Waals surface area contributed by atoms with E-state index in [9.17, 15) is 27.8 Å². The van der Waals surface area contributed by atoms with Crippen LogP contribution in [0.2, 0.25) is 10.0 Å². The van der Waals surface area contributed by atoms with Gasteiger partial charge >= 0.3 is 13.3 Å². The molecule has 2 atom stereocenters. The Morgan fingerprint density at radius 1 is 1.11 bits per heavy atom. The largest absolute Gasteiger partial charge is 0.497 e. The van der Waals surface area contributed by atoms with E-state index in [1.54, 1.807) is 18.2 Å². The van der Waals surface area contributed by atoms with Crippen LogP contribution < -0.4 is 15.4 Å². The Morgan fingerprint density at radius 3 is 2.35 bits per heavy atom. The van der Waals surface area contributed by atoms with Crippen molar-refractivity contribution in [3.05, 3.63) is 81.8 Å². The van der Waals surface area contributed by atoms with Gasteiger partial charge in [0, 0.05) is 18.2 Å². The summed E-state index contributed by atoms with van der Waals surface area (Å²) in [6.07, 6.45) is 1.01. The summed E-state index contributed by atoms with van der Waals surface area (Å²) in [5.74, 6) is 1.79. The molecule has 0 bridgehead atoms. The van der Waals surface area contributed by atoms with Gasteiger partial charge in [0.1, 0.15) is 11.8 Å². The molecule has 0 spiro atoms. The van der Waals surface area contributed by atoms with E-state index in [2.05, 4.69) is 16.9 Å². The van der Waals surface area contributed by atoms with Gasteiger partial charge in [0.2, 0.25) is 0 Å². The van der Waals surface area contributed by atoms with Gasteiger partial charge in [-0.2, -0.15) is 0 Å². The van der Waals surface area contributed by atoms with Gasteiger partial charge in [-0.25, -0.2) is 13.2 Å². The van der Waals surface area contributed by atoms with Crippen molar-refractivity contribution in [3.8, 4) is 17.3 Å². The molecule has 0 aliphatic heterocycles. The first-order valence-corrected chi connectivity index (χ1v) is 14.9. The Kier molecular flexibility index (Phi) is 8.96. The van der Waals surface area contributed by atoms with Crippen molar-refractivity contribution in [2.75, 3.05) is 18.7 Å². The van der Waals surface area contributed by atoms with E-state index in [-0.39, 0.29) is 37.9 Å². The molecule has 3 aromatic rings. The zero-order valence-corrected chi connectivity index (χ0v) is 22.8. The Morgan fingerprint density at radius 2 is 1.76 bits per heavy atom. The van der Waals surface area contributed by atoms with Crippen LogP contribution in [-0.2, 0) is 25.6 Å². The third kappa shape index (κ3) is 7.51. The molecule has 1 unspecified atom stereocenters. The van der Waals surface area contributed by atoms with Gasteiger partial charge < -0.3 is 20.1 Å². The fraction of sp³-hybridized carbons (Fsp3) is 0.160. The molecule has 3 aromatic carbocycles. The van der Waals surface area contributed by atoms with Crippen LogP contribution in [0.1, 0.15) is 11.1 Å². The van der Waals surface area contributed by atoms with Crippen molar-refractivity contribution in [3.63, 3.8) is 0 Å². The minimum Gasteiger partial charge on any atom is -0.497 e. The third-order valence-electron chi connectivity index (χ3n) is 5.18. The number of ether oxygens (including phenoxy) is 1. The van der Waals surface area contributed by atoms with Crippen LogP contribution >= 0.6 is 30.6 Å². The summed E-state index contributed by atoms with van der Waals surface area (Å²) in [5.41, 5.74) is 3.20. The zero-order valence-electron chi connectivity index (χ0n) is 19.6. The fourth-order valence-electron chi connectivity index (χ4n) is 3.30. The van der Waals surface area contributed by atoms with Gasteiger partial charge in [-0.3, -0.25) is 4.57 Å². The Bertz CT molecular complexity index is 1540. The summed E-state index contributed by atoms with van der Waals surface area (Å²) in [6, 6.07) is 13.6. The minimum absolute atomic E-state index is 0.0436. The number of benzene rings is 3. The number of hydrogen-bond donors (Lipinski definition) is 3. The molecule has 0 aromatic heterocycles. The normalized spacial score (nSPS) is 13.5. The number of halogens is 2. The van der Waals surface area contributed by atoms with Crippen LogP contribution in [0.15, 0.2) is 65.6 Å². The highest BCUT2D eigenvalue weighted by Crippen LogP contribution is 2.39. The molecular weight excluding hydrogens is 560 g/mol. The van der Waals surface area contributed by atoms with Crippen molar-refractivity contribution < 1.29 is 32.5 Å². The number of carboxylic acid groups (broad SMARTS) is 1. The number of anilines is 1. The Balaban J connectivity index is 1.86. The molecule has 0 amide bonds. The second-order valence-corrected chi connectivity index (χ2v) is 12.7. The zero-order chi connectivity index (χ0) is 27.4. The summed E-state index contributed by atoms with van der Waals surface area (Å²) in [5, 5.41) is 12.7. The van der Waals surface area contributed by atoms with E-state index in [1.165, 1.54) is 49.6 Å². The number of rotatable bonds is 8. The molecule has 3 rings (SSSR count). The van der Waals surface area contributed by atoms with Crippen LogP contribution in [0.4, 0.5) is 5.69 Å². The summed E-state index contributed by atoms with van der Waals surface area (Å²) in [4.78, 5) is 22.4. The van der Waals surface area contributed by atoms with E-state index in [0.717, 1.165) is 6.26 Å².